The molecular weight excluding hydrogens is 316 g/mol. The first-order valence-electron chi connectivity index (χ1n) is 8.52. The number of aliphatic hydroxyl groups excluding tert-OH is 1. The maximum absolute atomic E-state index is 11.6. The van der Waals surface area contributed by atoms with Gasteiger partial charge in [0.05, 0.1) is 13.2 Å². The van der Waals surface area contributed by atoms with Gasteiger partial charge >= 0.3 is 0 Å². The summed E-state index contributed by atoms with van der Waals surface area (Å²) in [7, 11) is 0. The van der Waals surface area contributed by atoms with Gasteiger partial charge in [-0.05, 0) is 24.5 Å². The number of nitrogens with one attached hydrogen (secondary N) is 1. The molecule has 0 spiro atoms. The molecule has 0 saturated heterocycles. The Balaban J connectivity index is 1.91. The number of hydrogen-bond donors (Lipinski definition) is 2. The van der Waals surface area contributed by atoms with Crippen LogP contribution >= 0.6 is 0 Å². The van der Waals surface area contributed by atoms with Gasteiger partial charge < -0.3 is 10.1 Å². The Labute approximate surface area is 146 Å². The maximum atomic E-state index is 11.6. The van der Waals surface area contributed by atoms with Crippen molar-refractivity contribution in [1.82, 2.24) is 19.7 Å². The summed E-state index contributed by atoms with van der Waals surface area (Å²) in [4.78, 5) is 19.1. The van der Waals surface area contributed by atoms with E-state index in [1.807, 2.05) is 25.1 Å². The molecule has 0 bridgehead atoms. The second kappa shape index (κ2) is 7.90. The Morgan fingerprint density at radius 3 is 2.64 bits per heavy atom. The van der Waals surface area contributed by atoms with Crippen LogP contribution in [-0.2, 0) is 25.8 Å². The monoisotopic (exact) mass is 338 g/mol. The number of pyridine rings is 1. The highest BCUT2D eigenvalue weighted by Gasteiger charge is 2.15. The molecule has 6 heteroatoms. The van der Waals surface area contributed by atoms with Crippen LogP contribution in [0.2, 0.25) is 0 Å². The van der Waals surface area contributed by atoms with Gasteiger partial charge in [-0.25, -0.2) is 9.67 Å². The summed E-state index contributed by atoms with van der Waals surface area (Å²) >= 11 is 0. The fourth-order valence-corrected chi connectivity index (χ4v) is 2.85. The summed E-state index contributed by atoms with van der Waals surface area (Å²) in [5.74, 6) is 1.42. The Morgan fingerprint density at radius 1 is 1.12 bits per heavy atom. The number of aromatic nitrogens is 4. The van der Waals surface area contributed by atoms with Crippen molar-refractivity contribution in [2.75, 3.05) is 6.61 Å². The van der Waals surface area contributed by atoms with Crippen molar-refractivity contribution in [3.8, 4) is 11.4 Å². The van der Waals surface area contributed by atoms with E-state index in [4.69, 9.17) is 0 Å². The van der Waals surface area contributed by atoms with E-state index >= 15 is 0 Å². The van der Waals surface area contributed by atoms with E-state index in [0.29, 0.717) is 18.8 Å². The number of hydrogen-bond acceptors (Lipinski definition) is 4. The Bertz CT molecular complexity index is 884. The van der Waals surface area contributed by atoms with Crippen LogP contribution in [0.4, 0.5) is 0 Å². The first-order chi connectivity index (χ1) is 12.2. The molecule has 0 amide bonds. The SMILES string of the molecule is CCc1[nH]c(=O)ccc1-c1nc(CCc2ccccc2)nn1CCO. The minimum atomic E-state index is -0.127. The molecule has 0 saturated carbocycles. The van der Waals surface area contributed by atoms with Gasteiger partial charge in [-0.2, -0.15) is 5.10 Å². The molecule has 0 aliphatic heterocycles. The van der Waals surface area contributed by atoms with E-state index in [9.17, 15) is 9.90 Å². The lowest BCUT2D eigenvalue weighted by molar-refractivity contribution is 0.270. The molecule has 2 aromatic heterocycles. The summed E-state index contributed by atoms with van der Waals surface area (Å²) in [5.41, 5.74) is 2.79. The van der Waals surface area contributed by atoms with E-state index in [1.165, 1.54) is 11.6 Å². The summed E-state index contributed by atoms with van der Waals surface area (Å²) in [6, 6.07) is 13.5. The summed E-state index contributed by atoms with van der Waals surface area (Å²) in [5, 5.41) is 13.9. The van der Waals surface area contributed by atoms with Crippen molar-refractivity contribution >= 4 is 0 Å². The second-order valence-corrected chi connectivity index (χ2v) is 5.85. The largest absolute Gasteiger partial charge is 0.394 e. The number of benzene rings is 1. The molecule has 0 atom stereocenters. The smallest absolute Gasteiger partial charge is 0.248 e. The molecule has 0 fully saturated rings. The zero-order valence-electron chi connectivity index (χ0n) is 14.3. The van der Waals surface area contributed by atoms with Crippen LogP contribution in [0.15, 0.2) is 47.3 Å². The first kappa shape index (κ1) is 17.1. The molecule has 0 unspecified atom stereocenters. The van der Waals surface area contributed by atoms with Gasteiger partial charge in [-0.15, -0.1) is 0 Å². The lowest BCUT2D eigenvalue weighted by atomic mass is 10.1. The Morgan fingerprint density at radius 2 is 1.92 bits per heavy atom. The fourth-order valence-electron chi connectivity index (χ4n) is 2.85. The minimum Gasteiger partial charge on any atom is -0.394 e. The van der Waals surface area contributed by atoms with Crippen LogP contribution in [0.25, 0.3) is 11.4 Å². The molecular formula is C19H22N4O2. The van der Waals surface area contributed by atoms with Crippen LogP contribution < -0.4 is 5.56 Å². The second-order valence-electron chi connectivity index (χ2n) is 5.85. The third-order valence-electron chi connectivity index (χ3n) is 4.10. The van der Waals surface area contributed by atoms with Crippen molar-refractivity contribution in [2.24, 2.45) is 0 Å². The van der Waals surface area contributed by atoms with E-state index in [-0.39, 0.29) is 12.2 Å². The third-order valence-corrected chi connectivity index (χ3v) is 4.10. The molecule has 3 aromatic rings. The van der Waals surface area contributed by atoms with Crippen molar-refractivity contribution in [1.29, 1.82) is 0 Å². The third kappa shape index (κ3) is 4.03. The highest BCUT2D eigenvalue weighted by atomic mass is 16.3. The van der Waals surface area contributed by atoms with Crippen molar-refractivity contribution in [3.05, 3.63) is 69.9 Å². The Kier molecular flexibility index (Phi) is 5.40. The number of nitrogens with zero attached hydrogens (tertiary/aromatic N) is 3. The van der Waals surface area contributed by atoms with E-state index in [1.54, 1.807) is 10.7 Å². The van der Waals surface area contributed by atoms with Crippen molar-refractivity contribution in [2.45, 2.75) is 32.7 Å². The Hall–Kier alpha value is -2.73. The van der Waals surface area contributed by atoms with Gasteiger partial charge in [0.15, 0.2) is 11.6 Å². The number of aliphatic hydroxyl groups is 1. The van der Waals surface area contributed by atoms with Gasteiger partial charge in [0.1, 0.15) is 0 Å². The van der Waals surface area contributed by atoms with Crippen LogP contribution in [0.1, 0.15) is 24.0 Å². The van der Waals surface area contributed by atoms with Crippen LogP contribution in [-0.4, -0.2) is 31.5 Å². The van der Waals surface area contributed by atoms with Crippen LogP contribution in [0, 0.1) is 0 Å². The van der Waals surface area contributed by atoms with Crippen molar-refractivity contribution < 1.29 is 5.11 Å². The quantitative estimate of drug-likeness (QED) is 0.690. The number of aromatic amines is 1. The molecule has 2 heterocycles. The number of H-pyrrole nitrogens is 1. The van der Waals surface area contributed by atoms with E-state index < -0.39 is 0 Å². The molecule has 25 heavy (non-hydrogen) atoms. The van der Waals surface area contributed by atoms with Crippen LogP contribution in [0.3, 0.4) is 0 Å². The van der Waals surface area contributed by atoms with E-state index in [2.05, 4.69) is 27.2 Å². The predicted octanol–water partition coefficient (Wildman–Crippen LogP) is 1.97. The molecule has 0 aliphatic rings. The standard InChI is InChI=1S/C19H22N4O2/c1-2-16-15(9-11-18(25)20-16)19-21-17(22-23(19)12-13-24)10-8-14-6-4-3-5-7-14/h3-7,9,11,24H,2,8,10,12-13H2,1H3,(H,20,25). The number of aryl methyl sites for hydroxylation is 3. The summed E-state index contributed by atoms with van der Waals surface area (Å²) in [6.07, 6.45) is 2.27. The van der Waals surface area contributed by atoms with Crippen LogP contribution in [0.5, 0.6) is 0 Å². The highest BCUT2D eigenvalue weighted by Crippen LogP contribution is 2.20. The molecule has 1 aromatic carbocycles. The minimum absolute atomic E-state index is 0.0146. The average molecular weight is 338 g/mol. The molecule has 2 N–H and O–H groups in total. The topological polar surface area (TPSA) is 83.8 Å². The molecule has 3 rings (SSSR count). The van der Waals surface area contributed by atoms with Crippen molar-refractivity contribution in [3.63, 3.8) is 0 Å². The maximum Gasteiger partial charge on any atom is 0.248 e. The van der Waals surface area contributed by atoms with Gasteiger partial charge in [-0.3, -0.25) is 4.79 Å². The average Bonchev–Trinajstić information content (AvgIpc) is 3.04. The molecule has 0 radical (unpaired) electrons. The van der Waals surface area contributed by atoms with Gasteiger partial charge in [0.2, 0.25) is 5.56 Å². The summed E-state index contributed by atoms with van der Waals surface area (Å²) < 4.78 is 1.72. The zero-order valence-corrected chi connectivity index (χ0v) is 14.3. The normalized spacial score (nSPS) is 11.0. The highest BCUT2D eigenvalue weighted by molar-refractivity contribution is 5.58. The number of rotatable bonds is 7. The zero-order chi connectivity index (χ0) is 17.6. The first-order valence-corrected chi connectivity index (χ1v) is 8.52. The summed E-state index contributed by atoms with van der Waals surface area (Å²) in [6.45, 7) is 2.34. The molecule has 130 valence electrons. The lowest BCUT2D eigenvalue weighted by Gasteiger charge is -2.07. The van der Waals surface area contributed by atoms with Gasteiger partial charge in [-0.1, -0.05) is 37.3 Å². The lowest BCUT2D eigenvalue weighted by Crippen LogP contribution is -2.11. The van der Waals surface area contributed by atoms with Gasteiger partial charge in [0.25, 0.3) is 0 Å². The van der Waals surface area contributed by atoms with E-state index in [0.717, 1.165) is 29.9 Å². The fraction of sp³-hybridized carbons (Fsp3) is 0.316. The molecule has 0 aliphatic carbocycles. The predicted molar refractivity (Wildman–Crippen MR) is 96.4 cm³/mol. The van der Waals surface area contributed by atoms with Gasteiger partial charge in [0, 0.05) is 23.7 Å². The molecule has 6 nitrogen and oxygen atoms in total.